The Labute approximate surface area is 156 Å². The third-order valence-corrected chi connectivity index (χ3v) is 4.53. The molecule has 4 rings (SSSR count). The lowest BCUT2D eigenvalue weighted by Gasteiger charge is -2.07. The summed E-state index contributed by atoms with van der Waals surface area (Å²) in [5, 5.41) is 1.20. The summed E-state index contributed by atoms with van der Waals surface area (Å²) in [7, 11) is 0. The maximum absolute atomic E-state index is 6.38. The van der Waals surface area contributed by atoms with Crippen LogP contribution in [-0.2, 0) is 0 Å². The summed E-state index contributed by atoms with van der Waals surface area (Å²) < 4.78 is 2.08. The minimum atomic E-state index is 0.588. The summed E-state index contributed by atoms with van der Waals surface area (Å²) >= 11 is 12.4. The van der Waals surface area contributed by atoms with Crippen LogP contribution < -0.4 is 0 Å². The van der Waals surface area contributed by atoms with Gasteiger partial charge in [-0.15, -0.1) is 0 Å². The zero-order valence-corrected chi connectivity index (χ0v) is 14.7. The van der Waals surface area contributed by atoms with E-state index in [1.807, 2.05) is 54.7 Å². The fraction of sp³-hybridized carbons (Fsp3) is 0. The van der Waals surface area contributed by atoms with Crippen LogP contribution in [0, 0.1) is 0 Å². The third-order valence-electron chi connectivity index (χ3n) is 3.98. The van der Waals surface area contributed by atoms with Crippen LogP contribution >= 0.6 is 23.2 Å². The summed E-state index contributed by atoms with van der Waals surface area (Å²) in [5.41, 5.74) is 3.76. The fourth-order valence-corrected chi connectivity index (χ4v) is 3.29. The first-order valence-electron chi connectivity index (χ1n) is 7.88. The Hall–Kier alpha value is -2.55. The smallest absolute Gasteiger partial charge is 0.145 e. The highest BCUT2D eigenvalue weighted by molar-refractivity contribution is 6.36. The number of rotatable bonds is 3. The van der Waals surface area contributed by atoms with Crippen molar-refractivity contribution in [2.75, 3.05) is 0 Å². The quantitative estimate of drug-likeness (QED) is 0.404. The number of para-hydroxylation sites is 1. The van der Waals surface area contributed by atoms with Gasteiger partial charge < -0.3 is 0 Å². The molecule has 0 aliphatic rings. The van der Waals surface area contributed by atoms with E-state index < -0.39 is 0 Å². The van der Waals surface area contributed by atoms with Crippen LogP contribution in [-0.4, -0.2) is 9.55 Å². The molecular weight excluding hydrogens is 351 g/mol. The minimum Gasteiger partial charge on any atom is -0.299 e. The van der Waals surface area contributed by atoms with Gasteiger partial charge in [-0.05, 0) is 30.3 Å². The normalized spacial score (nSPS) is 10.8. The second-order valence-electron chi connectivity index (χ2n) is 5.65. The highest BCUT2D eigenvalue weighted by Gasteiger charge is 2.14. The van der Waals surface area contributed by atoms with Crippen LogP contribution in [0.3, 0.4) is 0 Å². The predicted octanol–water partition coefficient (Wildman–Crippen LogP) is 6.51. The Balaban J connectivity index is 1.92. The molecule has 0 saturated heterocycles. The molecular formula is C21H14Cl2N2. The van der Waals surface area contributed by atoms with E-state index >= 15 is 0 Å². The molecule has 122 valence electrons. The van der Waals surface area contributed by atoms with Crippen molar-refractivity contribution in [3.8, 4) is 28.3 Å². The number of benzene rings is 3. The summed E-state index contributed by atoms with van der Waals surface area (Å²) in [6.45, 7) is 0. The summed E-state index contributed by atoms with van der Waals surface area (Å²) in [6, 6.07) is 25.7. The highest BCUT2D eigenvalue weighted by Crippen LogP contribution is 2.33. The van der Waals surface area contributed by atoms with Crippen LogP contribution in [0.2, 0.25) is 10.0 Å². The lowest BCUT2D eigenvalue weighted by molar-refractivity contribution is 1.07. The van der Waals surface area contributed by atoms with Gasteiger partial charge in [0.25, 0.3) is 0 Å². The van der Waals surface area contributed by atoms with Crippen molar-refractivity contribution in [1.82, 2.24) is 9.55 Å². The average Bonchev–Trinajstić information content (AvgIpc) is 3.08. The lowest BCUT2D eigenvalue weighted by atomic mass is 10.2. The first-order valence-corrected chi connectivity index (χ1v) is 8.63. The van der Waals surface area contributed by atoms with Gasteiger partial charge in [-0.3, -0.25) is 4.57 Å². The fourth-order valence-electron chi connectivity index (χ4n) is 2.78. The van der Waals surface area contributed by atoms with Crippen LogP contribution in [0.5, 0.6) is 0 Å². The standard InChI is InChI=1S/C21H14Cl2N2/c22-16-11-12-18(19(23)13-16)20-14-25(17-9-5-2-6-10-17)21(24-20)15-7-3-1-4-8-15/h1-14H. The van der Waals surface area contributed by atoms with E-state index in [0.29, 0.717) is 10.0 Å². The first-order chi connectivity index (χ1) is 12.2. The molecule has 0 bridgehead atoms. The van der Waals surface area contributed by atoms with E-state index in [4.69, 9.17) is 28.2 Å². The van der Waals surface area contributed by atoms with Crippen molar-refractivity contribution in [1.29, 1.82) is 0 Å². The topological polar surface area (TPSA) is 17.8 Å². The highest BCUT2D eigenvalue weighted by atomic mass is 35.5. The molecule has 0 aliphatic heterocycles. The molecule has 0 amide bonds. The molecule has 0 N–H and O–H groups in total. The van der Waals surface area contributed by atoms with Gasteiger partial charge >= 0.3 is 0 Å². The van der Waals surface area contributed by atoms with Gasteiger partial charge in [0, 0.05) is 28.0 Å². The molecule has 0 aliphatic carbocycles. The molecule has 1 heterocycles. The summed E-state index contributed by atoms with van der Waals surface area (Å²) in [6.07, 6.45) is 2.01. The Kier molecular flexibility index (Phi) is 4.31. The maximum Gasteiger partial charge on any atom is 0.145 e. The number of halogens is 2. The van der Waals surface area contributed by atoms with Gasteiger partial charge in [0.15, 0.2) is 0 Å². The molecule has 3 aromatic carbocycles. The van der Waals surface area contributed by atoms with E-state index in [-0.39, 0.29) is 0 Å². The molecule has 0 spiro atoms. The molecule has 4 aromatic rings. The first kappa shape index (κ1) is 15.9. The van der Waals surface area contributed by atoms with Crippen LogP contribution in [0.4, 0.5) is 0 Å². The van der Waals surface area contributed by atoms with E-state index in [0.717, 1.165) is 28.3 Å². The van der Waals surface area contributed by atoms with E-state index in [1.54, 1.807) is 6.07 Å². The Morgan fingerprint density at radius 2 is 1.44 bits per heavy atom. The third kappa shape index (κ3) is 3.19. The Bertz CT molecular complexity index is 952. The number of hydrogen-bond donors (Lipinski definition) is 0. The largest absolute Gasteiger partial charge is 0.299 e. The molecule has 0 unspecified atom stereocenters. The Morgan fingerprint density at radius 3 is 2.12 bits per heavy atom. The van der Waals surface area contributed by atoms with Gasteiger partial charge in [0.05, 0.1) is 10.7 Å². The molecule has 25 heavy (non-hydrogen) atoms. The summed E-state index contributed by atoms with van der Waals surface area (Å²) in [4.78, 5) is 4.85. The minimum absolute atomic E-state index is 0.588. The van der Waals surface area contributed by atoms with Gasteiger partial charge in [0.1, 0.15) is 5.82 Å². The summed E-state index contributed by atoms with van der Waals surface area (Å²) in [5.74, 6) is 0.868. The van der Waals surface area contributed by atoms with Gasteiger partial charge in [0.2, 0.25) is 0 Å². The van der Waals surface area contributed by atoms with Gasteiger partial charge in [-0.1, -0.05) is 71.7 Å². The average molecular weight is 365 g/mol. The lowest BCUT2D eigenvalue weighted by Crippen LogP contribution is -1.95. The van der Waals surface area contributed by atoms with Crippen molar-refractivity contribution in [3.63, 3.8) is 0 Å². The predicted molar refractivity (Wildman–Crippen MR) is 104 cm³/mol. The molecule has 1 aromatic heterocycles. The van der Waals surface area contributed by atoms with E-state index in [1.165, 1.54) is 0 Å². The SMILES string of the molecule is Clc1ccc(-c2cn(-c3ccccc3)c(-c3ccccc3)n2)c(Cl)c1. The molecule has 0 saturated carbocycles. The van der Waals surface area contributed by atoms with Crippen molar-refractivity contribution < 1.29 is 0 Å². The Morgan fingerprint density at radius 1 is 0.760 bits per heavy atom. The van der Waals surface area contributed by atoms with E-state index in [2.05, 4.69) is 28.8 Å². The van der Waals surface area contributed by atoms with Crippen LogP contribution in [0.15, 0.2) is 85.1 Å². The van der Waals surface area contributed by atoms with Gasteiger partial charge in [-0.2, -0.15) is 0 Å². The molecule has 0 fully saturated rings. The van der Waals surface area contributed by atoms with Crippen molar-refractivity contribution in [2.45, 2.75) is 0 Å². The monoisotopic (exact) mass is 364 g/mol. The van der Waals surface area contributed by atoms with Crippen molar-refractivity contribution >= 4 is 23.2 Å². The molecule has 4 heteroatoms. The number of hydrogen-bond acceptors (Lipinski definition) is 1. The van der Waals surface area contributed by atoms with Gasteiger partial charge in [-0.25, -0.2) is 4.98 Å². The maximum atomic E-state index is 6.38. The van der Waals surface area contributed by atoms with Crippen LogP contribution in [0.25, 0.3) is 28.3 Å². The molecule has 0 atom stereocenters. The van der Waals surface area contributed by atoms with Crippen molar-refractivity contribution in [3.05, 3.63) is 95.1 Å². The van der Waals surface area contributed by atoms with E-state index in [9.17, 15) is 0 Å². The number of imidazole rings is 1. The van der Waals surface area contributed by atoms with Crippen LogP contribution in [0.1, 0.15) is 0 Å². The molecule has 2 nitrogen and oxygen atoms in total. The molecule has 0 radical (unpaired) electrons. The second kappa shape index (κ2) is 6.75. The zero-order chi connectivity index (χ0) is 17.2. The zero-order valence-electron chi connectivity index (χ0n) is 13.2. The number of nitrogens with zero attached hydrogens (tertiary/aromatic N) is 2. The van der Waals surface area contributed by atoms with Crippen molar-refractivity contribution in [2.24, 2.45) is 0 Å². The second-order valence-corrected chi connectivity index (χ2v) is 6.49. The number of aromatic nitrogens is 2.